The van der Waals surface area contributed by atoms with Crippen LogP contribution in [-0.4, -0.2) is 48.3 Å². The molecule has 4 nitrogen and oxygen atoms in total. The molecule has 0 saturated carbocycles. The SMILES string of the molecule is CN1CCC(=C2c3ccccc3CC(O)c3sccc32)CC1.OC1Cc2ccccc2C(=C2CCNCC2)c2ccsc21. The van der Waals surface area contributed by atoms with E-state index in [-0.39, 0.29) is 12.2 Å². The largest absolute Gasteiger partial charge is 0.387 e. The second-order valence-corrected chi connectivity index (χ2v) is 14.1. The van der Waals surface area contributed by atoms with E-state index in [1.165, 1.54) is 50.1 Å². The van der Waals surface area contributed by atoms with Crippen molar-refractivity contribution in [1.82, 2.24) is 10.2 Å². The van der Waals surface area contributed by atoms with E-state index in [0.717, 1.165) is 74.5 Å². The number of thiophene rings is 2. The molecule has 2 aromatic heterocycles. The zero-order valence-electron chi connectivity index (χ0n) is 24.8. The van der Waals surface area contributed by atoms with Crippen molar-refractivity contribution < 1.29 is 10.2 Å². The molecule has 2 aliphatic heterocycles. The maximum atomic E-state index is 10.6. The summed E-state index contributed by atoms with van der Waals surface area (Å²) in [7, 11) is 2.20. The molecule has 4 aromatic rings. The van der Waals surface area contributed by atoms with Crippen molar-refractivity contribution >= 4 is 33.8 Å². The predicted molar refractivity (Wildman–Crippen MR) is 180 cm³/mol. The van der Waals surface area contributed by atoms with Crippen LogP contribution in [0.15, 0.2) is 82.6 Å². The zero-order valence-corrected chi connectivity index (χ0v) is 26.4. The van der Waals surface area contributed by atoms with Gasteiger partial charge in [0.25, 0.3) is 0 Å². The van der Waals surface area contributed by atoms with Crippen molar-refractivity contribution in [1.29, 1.82) is 0 Å². The lowest BCUT2D eigenvalue weighted by Gasteiger charge is -2.27. The van der Waals surface area contributed by atoms with Crippen LogP contribution in [-0.2, 0) is 12.8 Å². The van der Waals surface area contributed by atoms with Crippen molar-refractivity contribution in [3.63, 3.8) is 0 Å². The van der Waals surface area contributed by atoms with E-state index in [2.05, 4.69) is 88.7 Å². The Hall–Kier alpha value is -2.84. The number of aliphatic hydroxyl groups excluding tert-OH is 2. The van der Waals surface area contributed by atoms with E-state index in [0.29, 0.717) is 0 Å². The summed E-state index contributed by atoms with van der Waals surface area (Å²) in [5, 5.41) is 28.9. The highest BCUT2D eigenvalue weighted by Crippen LogP contribution is 2.44. The molecule has 2 atom stereocenters. The maximum absolute atomic E-state index is 10.6. The molecule has 43 heavy (non-hydrogen) atoms. The summed E-state index contributed by atoms with van der Waals surface area (Å²) in [5.74, 6) is 0. The summed E-state index contributed by atoms with van der Waals surface area (Å²) in [5.41, 5.74) is 13.6. The highest BCUT2D eigenvalue weighted by atomic mass is 32.1. The number of fused-ring (bicyclic) bond motifs is 4. The quantitative estimate of drug-likeness (QED) is 0.195. The van der Waals surface area contributed by atoms with Gasteiger partial charge in [0.2, 0.25) is 0 Å². The minimum Gasteiger partial charge on any atom is -0.387 e. The Balaban J connectivity index is 0.000000140. The maximum Gasteiger partial charge on any atom is 0.0928 e. The summed E-state index contributed by atoms with van der Waals surface area (Å²) >= 11 is 3.38. The molecule has 8 rings (SSSR count). The summed E-state index contributed by atoms with van der Waals surface area (Å²) < 4.78 is 0. The number of benzene rings is 2. The van der Waals surface area contributed by atoms with E-state index in [1.54, 1.807) is 28.2 Å². The molecule has 2 unspecified atom stereocenters. The molecule has 0 radical (unpaired) electrons. The van der Waals surface area contributed by atoms with Crippen LogP contribution in [0.1, 0.15) is 81.0 Å². The first-order chi connectivity index (χ1) is 21.1. The van der Waals surface area contributed by atoms with Gasteiger partial charge in [0.05, 0.1) is 12.2 Å². The number of nitrogens with zero attached hydrogens (tertiary/aromatic N) is 1. The Morgan fingerprint density at radius 1 is 0.628 bits per heavy atom. The van der Waals surface area contributed by atoms with Crippen LogP contribution in [0.4, 0.5) is 0 Å². The molecular weight excluding hydrogens is 569 g/mol. The van der Waals surface area contributed by atoms with Gasteiger partial charge in [-0.25, -0.2) is 0 Å². The van der Waals surface area contributed by atoms with E-state index in [9.17, 15) is 10.2 Å². The molecule has 0 bridgehead atoms. The first kappa shape index (κ1) is 28.9. The smallest absolute Gasteiger partial charge is 0.0928 e. The number of aliphatic hydroxyl groups is 2. The summed E-state index contributed by atoms with van der Waals surface area (Å²) in [4.78, 5) is 4.67. The summed E-state index contributed by atoms with van der Waals surface area (Å²) in [6.07, 6.45) is 5.17. The zero-order chi connectivity index (χ0) is 29.3. The van der Waals surface area contributed by atoms with Crippen molar-refractivity contribution in [2.45, 2.75) is 50.7 Å². The third-order valence-electron chi connectivity index (χ3n) is 9.44. The third kappa shape index (κ3) is 5.73. The molecule has 2 fully saturated rings. The molecule has 2 aliphatic carbocycles. The molecule has 2 aromatic carbocycles. The molecule has 4 heterocycles. The van der Waals surface area contributed by atoms with Gasteiger partial charge in [0.1, 0.15) is 0 Å². The van der Waals surface area contributed by atoms with Crippen molar-refractivity contribution in [2.75, 3.05) is 33.2 Å². The molecule has 0 spiro atoms. The number of hydrogen-bond acceptors (Lipinski definition) is 6. The third-order valence-corrected chi connectivity index (χ3v) is 11.5. The number of rotatable bonds is 0. The molecule has 222 valence electrons. The minimum absolute atomic E-state index is 0.374. The predicted octanol–water partition coefficient (Wildman–Crippen LogP) is 7.39. The Kier molecular flexibility index (Phi) is 8.50. The van der Waals surface area contributed by atoms with Gasteiger partial charge in [-0.05, 0) is 113 Å². The Bertz CT molecular complexity index is 1660. The van der Waals surface area contributed by atoms with Gasteiger partial charge in [-0.2, -0.15) is 0 Å². The van der Waals surface area contributed by atoms with Crippen molar-refractivity contribution in [3.05, 3.63) is 126 Å². The van der Waals surface area contributed by atoms with Crippen LogP contribution in [0.5, 0.6) is 0 Å². The highest BCUT2D eigenvalue weighted by molar-refractivity contribution is 7.10. The second-order valence-electron chi connectivity index (χ2n) is 12.2. The molecule has 4 aliphatic rings. The fourth-order valence-corrected chi connectivity index (χ4v) is 9.00. The number of nitrogens with one attached hydrogen (secondary N) is 1. The topological polar surface area (TPSA) is 55.7 Å². The first-order valence-electron chi connectivity index (χ1n) is 15.6. The van der Waals surface area contributed by atoms with Gasteiger partial charge in [-0.3, -0.25) is 0 Å². The highest BCUT2D eigenvalue weighted by Gasteiger charge is 2.29. The number of piperidine rings is 2. The lowest BCUT2D eigenvalue weighted by Crippen LogP contribution is -2.27. The van der Waals surface area contributed by atoms with Gasteiger partial charge >= 0.3 is 0 Å². The van der Waals surface area contributed by atoms with E-state index >= 15 is 0 Å². The van der Waals surface area contributed by atoms with Crippen LogP contribution in [0.2, 0.25) is 0 Å². The lowest BCUT2D eigenvalue weighted by atomic mass is 9.88. The van der Waals surface area contributed by atoms with Gasteiger partial charge in [-0.15, -0.1) is 22.7 Å². The summed E-state index contributed by atoms with van der Waals surface area (Å²) in [6.45, 7) is 4.37. The van der Waals surface area contributed by atoms with Gasteiger partial charge in [0, 0.05) is 35.7 Å². The molecule has 2 saturated heterocycles. The van der Waals surface area contributed by atoms with Gasteiger partial charge < -0.3 is 20.4 Å². The van der Waals surface area contributed by atoms with Crippen LogP contribution in [0.25, 0.3) is 11.1 Å². The van der Waals surface area contributed by atoms with Gasteiger partial charge in [0.15, 0.2) is 0 Å². The van der Waals surface area contributed by atoms with Crippen molar-refractivity contribution in [3.8, 4) is 0 Å². The molecular formula is C37H40N2O2S2. The summed E-state index contributed by atoms with van der Waals surface area (Å²) in [6, 6.07) is 21.6. The first-order valence-corrected chi connectivity index (χ1v) is 17.4. The lowest BCUT2D eigenvalue weighted by molar-refractivity contribution is 0.182. The van der Waals surface area contributed by atoms with Crippen LogP contribution < -0.4 is 5.32 Å². The van der Waals surface area contributed by atoms with E-state index in [4.69, 9.17) is 0 Å². The van der Waals surface area contributed by atoms with Gasteiger partial charge in [-0.1, -0.05) is 59.7 Å². The monoisotopic (exact) mass is 608 g/mol. The normalized spacial score (nSPS) is 21.9. The van der Waals surface area contributed by atoms with Crippen LogP contribution >= 0.6 is 22.7 Å². The fraction of sp³-hybridized carbons (Fsp3) is 0.351. The Morgan fingerprint density at radius 3 is 1.60 bits per heavy atom. The number of hydrogen-bond donors (Lipinski definition) is 3. The second kappa shape index (κ2) is 12.6. The minimum atomic E-state index is -0.375. The van der Waals surface area contributed by atoms with Crippen LogP contribution in [0.3, 0.4) is 0 Å². The van der Waals surface area contributed by atoms with Crippen molar-refractivity contribution in [2.24, 2.45) is 0 Å². The average Bonchev–Trinajstić information content (AvgIpc) is 3.68. The average molecular weight is 609 g/mol. The fourth-order valence-electron chi connectivity index (χ4n) is 7.23. The molecule has 6 heteroatoms. The number of likely N-dealkylation sites (tertiary alicyclic amines) is 1. The Labute approximate surface area is 263 Å². The Morgan fingerprint density at radius 2 is 1.09 bits per heavy atom. The molecule has 0 amide bonds. The standard InChI is InChI=1S/C19H21NOS.C18H19NOS/c1-20-9-6-13(7-10-20)18-15-5-3-2-4-14(15)12-17(21)19-16(18)8-11-22-19;20-16-11-13-3-1-2-4-14(13)17(12-5-8-19-9-6-12)15-7-10-21-18(15)16/h2-5,8,11,17,21H,6-7,9-10,12H2,1H3;1-4,7,10,16,19-20H,5-6,8-9,11H2. The van der Waals surface area contributed by atoms with Crippen LogP contribution in [0, 0.1) is 0 Å². The van der Waals surface area contributed by atoms with E-state index in [1.807, 2.05) is 0 Å². The van der Waals surface area contributed by atoms with E-state index < -0.39 is 0 Å². The molecule has 3 N–H and O–H groups in total.